The SMILES string of the molecule is CCCC1CCC(C(=O)Nc2cc(C(N)=O)cc(C(=O)N([C@H]3CC[C@@H](C(C)(C)C)CC3)[C@H]3CC[C@@H](C(C)(C)C)CC3)c2)CC1. The topological polar surface area (TPSA) is 92.5 Å². The largest absolute Gasteiger partial charge is 0.366 e. The van der Waals surface area contributed by atoms with Crippen LogP contribution >= 0.6 is 0 Å². The van der Waals surface area contributed by atoms with E-state index in [-0.39, 0.29) is 46.2 Å². The number of carbonyl (C=O) groups excluding carboxylic acids is 3. The molecule has 6 heteroatoms. The van der Waals surface area contributed by atoms with E-state index in [0.717, 1.165) is 83.0 Å². The minimum atomic E-state index is -0.585. The summed E-state index contributed by atoms with van der Waals surface area (Å²) in [5, 5.41) is 3.07. The molecule has 3 aliphatic rings. The lowest BCUT2D eigenvalue weighted by Gasteiger charge is -2.47. The fourth-order valence-corrected chi connectivity index (χ4v) is 8.55. The first kappa shape index (κ1) is 34.5. The lowest BCUT2D eigenvalue weighted by atomic mass is 9.69. The van der Waals surface area contributed by atoms with E-state index in [1.165, 1.54) is 12.8 Å². The van der Waals surface area contributed by atoms with Crippen LogP contribution in [-0.2, 0) is 4.79 Å². The Balaban J connectivity index is 1.57. The number of nitrogens with two attached hydrogens (primary N) is 1. The predicted molar refractivity (Wildman–Crippen MR) is 181 cm³/mol. The van der Waals surface area contributed by atoms with E-state index in [0.29, 0.717) is 23.1 Å². The van der Waals surface area contributed by atoms with Gasteiger partial charge in [0, 0.05) is 34.8 Å². The van der Waals surface area contributed by atoms with Gasteiger partial charge in [-0.05, 0) is 124 Å². The molecule has 0 unspecified atom stereocenters. The van der Waals surface area contributed by atoms with E-state index >= 15 is 0 Å². The Morgan fingerprint density at radius 2 is 1.20 bits per heavy atom. The van der Waals surface area contributed by atoms with Gasteiger partial charge in [-0.25, -0.2) is 0 Å². The second-order valence-corrected chi connectivity index (χ2v) is 16.6. The van der Waals surface area contributed by atoms with Gasteiger partial charge in [0.15, 0.2) is 0 Å². The molecule has 4 rings (SSSR count). The zero-order chi connectivity index (χ0) is 32.2. The summed E-state index contributed by atoms with van der Waals surface area (Å²) in [6, 6.07) is 5.43. The molecule has 3 amide bonds. The lowest BCUT2D eigenvalue weighted by Crippen LogP contribution is -2.50. The first-order chi connectivity index (χ1) is 20.7. The Labute approximate surface area is 267 Å². The van der Waals surface area contributed by atoms with E-state index in [1.54, 1.807) is 18.2 Å². The van der Waals surface area contributed by atoms with Crippen molar-refractivity contribution in [3.63, 3.8) is 0 Å². The van der Waals surface area contributed by atoms with E-state index in [1.807, 2.05) is 0 Å². The average molecular weight is 608 g/mol. The highest BCUT2D eigenvalue weighted by atomic mass is 16.2. The second-order valence-electron chi connectivity index (χ2n) is 16.6. The summed E-state index contributed by atoms with van der Waals surface area (Å²) in [5.74, 6) is 1.37. The van der Waals surface area contributed by atoms with Crippen LogP contribution in [0, 0.1) is 34.5 Å². The third-order valence-electron chi connectivity index (χ3n) is 11.5. The van der Waals surface area contributed by atoms with Gasteiger partial charge in [-0.15, -0.1) is 0 Å². The fraction of sp³-hybridized carbons (Fsp3) is 0.763. The first-order valence-electron chi connectivity index (χ1n) is 17.8. The third kappa shape index (κ3) is 8.66. The number of hydrogen-bond acceptors (Lipinski definition) is 3. The Hall–Kier alpha value is -2.37. The van der Waals surface area contributed by atoms with Gasteiger partial charge in [0.25, 0.3) is 5.91 Å². The molecule has 0 saturated heterocycles. The summed E-state index contributed by atoms with van der Waals surface area (Å²) in [7, 11) is 0. The molecule has 0 aliphatic heterocycles. The van der Waals surface area contributed by atoms with Crippen LogP contribution in [0.25, 0.3) is 0 Å². The van der Waals surface area contributed by atoms with E-state index in [9.17, 15) is 14.4 Å². The maximum Gasteiger partial charge on any atom is 0.254 e. The predicted octanol–water partition coefficient (Wildman–Crippen LogP) is 8.98. The van der Waals surface area contributed by atoms with Crippen LogP contribution < -0.4 is 11.1 Å². The number of amides is 3. The van der Waals surface area contributed by atoms with Crippen molar-refractivity contribution in [3.05, 3.63) is 29.3 Å². The monoisotopic (exact) mass is 607 g/mol. The van der Waals surface area contributed by atoms with Crippen LogP contribution in [0.2, 0.25) is 0 Å². The fourth-order valence-electron chi connectivity index (χ4n) is 8.55. The van der Waals surface area contributed by atoms with Crippen molar-refractivity contribution in [2.24, 2.45) is 40.2 Å². The summed E-state index contributed by atoms with van der Waals surface area (Å²) in [5.41, 5.74) is 7.52. The zero-order valence-corrected chi connectivity index (χ0v) is 28.8. The molecule has 3 fully saturated rings. The van der Waals surface area contributed by atoms with Crippen LogP contribution in [0.15, 0.2) is 18.2 Å². The molecule has 0 atom stereocenters. The molecule has 44 heavy (non-hydrogen) atoms. The number of carbonyl (C=O) groups is 3. The van der Waals surface area contributed by atoms with Gasteiger partial charge < -0.3 is 16.0 Å². The van der Waals surface area contributed by atoms with Crippen LogP contribution in [0.4, 0.5) is 5.69 Å². The number of anilines is 1. The molecule has 0 radical (unpaired) electrons. The number of hydrogen-bond donors (Lipinski definition) is 2. The molecule has 246 valence electrons. The number of nitrogens with zero attached hydrogens (tertiary/aromatic N) is 1. The first-order valence-corrected chi connectivity index (χ1v) is 17.8. The van der Waals surface area contributed by atoms with Crippen molar-refractivity contribution in [3.8, 4) is 0 Å². The molecule has 0 bridgehead atoms. The summed E-state index contributed by atoms with van der Waals surface area (Å²) in [6.45, 7) is 16.2. The molecule has 3 N–H and O–H groups in total. The standard InChI is InChI=1S/C38H61N3O3/c1-8-9-25-10-12-26(13-11-25)35(43)40-31-23-27(34(39)42)22-28(24-31)36(44)41(32-18-14-29(15-19-32)37(2,3)4)33-20-16-30(17-21-33)38(5,6)7/h22-26,29-30,32-33H,8-21H2,1-7H3,(H2,39,42)(H,40,43)/t25?,26?,29-,30-,32+,33+. The summed E-state index contributed by atoms with van der Waals surface area (Å²) in [4.78, 5) is 42.5. The highest BCUT2D eigenvalue weighted by Crippen LogP contribution is 2.43. The Kier molecular flexibility index (Phi) is 11.3. The number of primary amides is 1. The van der Waals surface area contributed by atoms with E-state index in [4.69, 9.17) is 5.73 Å². The highest BCUT2D eigenvalue weighted by Gasteiger charge is 2.40. The van der Waals surface area contributed by atoms with Gasteiger partial charge in [0.1, 0.15) is 0 Å². The van der Waals surface area contributed by atoms with Gasteiger partial charge in [-0.1, -0.05) is 61.3 Å². The molecular formula is C38H61N3O3. The Morgan fingerprint density at radius 3 is 1.64 bits per heavy atom. The van der Waals surface area contributed by atoms with Crippen molar-refractivity contribution in [1.82, 2.24) is 4.90 Å². The lowest BCUT2D eigenvalue weighted by molar-refractivity contribution is -0.121. The van der Waals surface area contributed by atoms with E-state index in [2.05, 4.69) is 58.7 Å². The molecule has 0 spiro atoms. The summed E-state index contributed by atoms with van der Waals surface area (Å²) in [6.07, 6.45) is 14.9. The van der Waals surface area contributed by atoms with Crippen molar-refractivity contribution in [2.45, 2.75) is 150 Å². The van der Waals surface area contributed by atoms with Crippen LogP contribution in [-0.4, -0.2) is 34.7 Å². The van der Waals surface area contributed by atoms with Crippen molar-refractivity contribution >= 4 is 23.4 Å². The normalized spacial score (nSPS) is 28.2. The molecular weight excluding hydrogens is 546 g/mol. The highest BCUT2D eigenvalue weighted by molar-refractivity contribution is 6.02. The van der Waals surface area contributed by atoms with Crippen LogP contribution in [0.1, 0.15) is 159 Å². The summed E-state index contributed by atoms with van der Waals surface area (Å²) < 4.78 is 0. The number of nitrogens with one attached hydrogen (secondary N) is 1. The van der Waals surface area contributed by atoms with Gasteiger partial charge in [-0.2, -0.15) is 0 Å². The minimum Gasteiger partial charge on any atom is -0.366 e. The second kappa shape index (κ2) is 14.4. The number of rotatable bonds is 8. The smallest absolute Gasteiger partial charge is 0.254 e. The van der Waals surface area contributed by atoms with Crippen molar-refractivity contribution < 1.29 is 14.4 Å². The minimum absolute atomic E-state index is 0.0159. The van der Waals surface area contributed by atoms with Crippen LogP contribution in [0.5, 0.6) is 0 Å². The molecule has 1 aromatic rings. The quantitative estimate of drug-likeness (QED) is 0.309. The molecule has 1 aromatic carbocycles. The maximum atomic E-state index is 14.6. The van der Waals surface area contributed by atoms with Crippen LogP contribution in [0.3, 0.4) is 0 Å². The van der Waals surface area contributed by atoms with Gasteiger partial charge in [0.2, 0.25) is 11.8 Å². The van der Waals surface area contributed by atoms with Crippen molar-refractivity contribution in [2.75, 3.05) is 5.32 Å². The summed E-state index contributed by atoms with van der Waals surface area (Å²) >= 11 is 0. The molecule has 3 aliphatic carbocycles. The van der Waals surface area contributed by atoms with Crippen molar-refractivity contribution in [1.29, 1.82) is 0 Å². The Bertz CT molecular complexity index is 1100. The molecule has 3 saturated carbocycles. The van der Waals surface area contributed by atoms with Gasteiger partial charge in [-0.3, -0.25) is 14.4 Å². The average Bonchev–Trinajstić information content (AvgIpc) is 2.97. The third-order valence-corrected chi connectivity index (χ3v) is 11.5. The van der Waals surface area contributed by atoms with Gasteiger partial charge in [0.05, 0.1) is 0 Å². The zero-order valence-electron chi connectivity index (χ0n) is 28.8. The maximum absolute atomic E-state index is 14.6. The molecule has 0 heterocycles. The Morgan fingerprint density at radius 1 is 0.727 bits per heavy atom. The molecule has 6 nitrogen and oxygen atoms in total. The van der Waals surface area contributed by atoms with E-state index < -0.39 is 5.91 Å². The molecule has 0 aromatic heterocycles. The number of benzene rings is 1. The van der Waals surface area contributed by atoms with Gasteiger partial charge >= 0.3 is 0 Å².